The summed E-state index contributed by atoms with van der Waals surface area (Å²) in [4.78, 5) is 63.8. The summed E-state index contributed by atoms with van der Waals surface area (Å²) in [6.07, 6.45) is 0. The van der Waals surface area contributed by atoms with Crippen LogP contribution in [0.2, 0.25) is 0 Å². The van der Waals surface area contributed by atoms with Crippen LogP contribution in [0.4, 0.5) is 11.4 Å². The number of amides is 2. The lowest BCUT2D eigenvalue weighted by atomic mass is 9.98. The number of nitrogens with zero attached hydrogens (tertiary/aromatic N) is 2. The zero-order chi connectivity index (χ0) is 22.0. The van der Waals surface area contributed by atoms with Gasteiger partial charge in [-0.1, -0.05) is 18.2 Å². The summed E-state index contributed by atoms with van der Waals surface area (Å²) in [6, 6.07) is 10.7. The Morgan fingerprint density at radius 2 is 1.83 bits per heavy atom. The molecular formula is C19H14N4O6S. The monoisotopic (exact) mass is 426 g/mol. The van der Waals surface area contributed by atoms with Crippen LogP contribution in [0, 0.1) is 17.0 Å². The lowest BCUT2D eigenvalue weighted by Gasteiger charge is -2.11. The van der Waals surface area contributed by atoms with Gasteiger partial charge in [0.2, 0.25) is 11.6 Å². The third kappa shape index (κ3) is 4.05. The number of thiazole rings is 1. The van der Waals surface area contributed by atoms with Crippen molar-refractivity contribution in [3.8, 4) is 0 Å². The predicted molar refractivity (Wildman–Crippen MR) is 108 cm³/mol. The Morgan fingerprint density at radius 1 is 1.13 bits per heavy atom. The summed E-state index contributed by atoms with van der Waals surface area (Å²) < 4.78 is 0.636. The number of fused-ring (bicyclic) bond motifs is 1. The molecule has 3 rings (SSSR count). The number of rotatable bonds is 7. The molecule has 1 aromatic heterocycles. The van der Waals surface area contributed by atoms with Crippen molar-refractivity contribution in [2.45, 2.75) is 12.8 Å². The van der Waals surface area contributed by atoms with Gasteiger partial charge in [0.15, 0.2) is 0 Å². The van der Waals surface area contributed by atoms with E-state index in [0.29, 0.717) is 15.8 Å². The van der Waals surface area contributed by atoms with Crippen LogP contribution < -0.4 is 11.1 Å². The van der Waals surface area contributed by atoms with E-state index in [0.717, 1.165) is 11.3 Å². The number of nitro groups is 1. The van der Waals surface area contributed by atoms with Crippen LogP contribution in [0.3, 0.4) is 0 Å². The highest BCUT2D eigenvalue weighted by Crippen LogP contribution is 2.30. The molecule has 3 N–H and O–H groups in total. The molecule has 1 atom stereocenters. The molecular weight excluding hydrogens is 412 g/mol. The Hall–Kier alpha value is -3.99. The van der Waals surface area contributed by atoms with E-state index in [9.17, 15) is 29.3 Å². The summed E-state index contributed by atoms with van der Waals surface area (Å²) in [5.74, 6) is -7.15. The van der Waals surface area contributed by atoms with Crippen LogP contribution in [-0.2, 0) is 19.2 Å². The fourth-order valence-corrected chi connectivity index (χ4v) is 3.78. The number of carbonyl (C=O) groups excluding carboxylic acids is 4. The molecule has 2 aromatic carbocycles. The smallest absolute Gasteiger partial charge is 0.293 e. The second kappa shape index (κ2) is 8.17. The number of nitrogens with one attached hydrogen (secondary N) is 1. The number of hydrogen-bond acceptors (Lipinski definition) is 8. The molecule has 0 spiro atoms. The number of carbonyl (C=O) groups is 4. The van der Waals surface area contributed by atoms with Crippen molar-refractivity contribution in [1.82, 2.24) is 4.98 Å². The summed E-state index contributed by atoms with van der Waals surface area (Å²) in [5, 5.41) is 13.3. The summed E-state index contributed by atoms with van der Waals surface area (Å²) >= 11 is 0.964. The minimum absolute atomic E-state index is 0.0708. The number of benzene rings is 2. The molecule has 11 heteroatoms. The molecule has 0 fully saturated rings. The van der Waals surface area contributed by atoms with Gasteiger partial charge in [-0.3, -0.25) is 29.3 Å². The van der Waals surface area contributed by atoms with Crippen LogP contribution in [0.15, 0.2) is 42.5 Å². The fraction of sp³-hybridized carbons (Fsp3) is 0.105. The molecule has 2 amide bonds. The molecule has 0 saturated heterocycles. The molecule has 0 aliphatic rings. The topological polar surface area (TPSA) is 162 Å². The Bertz CT molecular complexity index is 1190. The maximum Gasteiger partial charge on any atom is 0.293 e. The first-order valence-corrected chi connectivity index (χ1v) is 9.30. The second-order valence-corrected chi connectivity index (χ2v) is 7.34. The largest absolute Gasteiger partial charge is 0.363 e. The number of aryl methyl sites for hydroxylation is 1. The lowest BCUT2D eigenvalue weighted by molar-refractivity contribution is -0.384. The van der Waals surface area contributed by atoms with Gasteiger partial charge in [0.05, 0.1) is 15.1 Å². The van der Waals surface area contributed by atoms with Gasteiger partial charge in [-0.05, 0) is 30.7 Å². The second-order valence-electron chi connectivity index (χ2n) is 6.28. The standard InChI is InChI=1S/C19H14N4O6S/c1-9-6-7-10(12(8-9)23(28)29)21-18(27)16(25)14(15(24)17(20)26)19-22-11-4-2-3-5-13(11)30-19/h2-8,14H,1H3,(H2,20,26)(H,21,27)/t14-/m0/s1. The molecule has 0 aliphatic carbocycles. The van der Waals surface area contributed by atoms with Crippen LogP contribution in [0.1, 0.15) is 16.5 Å². The average molecular weight is 426 g/mol. The van der Waals surface area contributed by atoms with Gasteiger partial charge in [0, 0.05) is 6.07 Å². The summed E-state index contributed by atoms with van der Waals surface area (Å²) in [6.45, 7) is 1.62. The maximum atomic E-state index is 12.8. The van der Waals surface area contributed by atoms with Crippen LogP contribution in [-0.4, -0.2) is 33.3 Å². The first-order valence-electron chi connectivity index (χ1n) is 8.48. The quantitative estimate of drug-likeness (QED) is 0.252. The first kappa shape index (κ1) is 20.7. The molecule has 152 valence electrons. The SMILES string of the molecule is Cc1ccc(NC(=O)C(=O)[C@H](C(=O)C(N)=O)c2nc3ccccc3s2)c([N+](=O)[O-])c1. The molecule has 10 nitrogen and oxygen atoms in total. The van der Waals surface area contributed by atoms with E-state index >= 15 is 0 Å². The minimum atomic E-state index is -1.84. The first-order chi connectivity index (χ1) is 14.2. The zero-order valence-corrected chi connectivity index (χ0v) is 16.3. The number of aromatic nitrogens is 1. The number of hydrogen-bond donors (Lipinski definition) is 2. The van der Waals surface area contributed by atoms with Gasteiger partial charge < -0.3 is 11.1 Å². The highest BCUT2D eigenvalue weighted by molar-refractivity contribution is 7.19. The maximum absolute atomic E-state index is 12.8. The van der Waals surface area contributed by atoms with Gasteiger partial charge in [-0.25, -0.2) is 4.98 Å². The van der Waals surface area contributed by atoms with Crippen molar-refractivity contribution in [3.63, 3.8) is 0 Å². The Morgan fingerprint density at radius 3 is 2.47 bits per heavy atom. The molecule has 0 saturated carbocycles. The van der Waals surface area contributed by atoms with Crippen molar-refractivity contribution in [2.75, 3.05) is 5.32 Å². The molecule has 0 aliphatic heterocycles. The molecule has 0 bridgehead atoms. The average Bonchev–Trinajstić information content (AvgIpc) is 3.12. The number of para-hydroxylation sites is 1. The van der Waals surface area contributed by atoms with E-state index < -0.39 is 39.9 Å². The lowest BCUT2D eigenvalue weighted by Crippen LogP contribution is -2.38. The van der Waals surface area contributed by atoms with Gasteiger partial charge in [0.1, 0.15) is 16.6 Å². The Kier molecular flexibility index (Phi) is 5.65. The Labute approximate surface area is 172 Å². The molecule has 30 heavy (non-hydrogen) atoms. The van der Waals surface area contributed by atoms with Crippen molar-refractivity contribution >= 4 is 56.3 Å². The van der Waals surface area contributed by atoms with Crippen molar-refractivity contribution in [1.29, 1.82) is 0 Å². The van der Waals surface area contributed by atoms with Gasteiger partial charge >= 0.3 is 0 Å². The zero-order valence-electron chi connectivity index (χ0n) is 15.4. The number of primary amides is 1. The van der Waals surface area contributed by atoms with Crippen LogP contribution in [0.5, 0.6) is 0 Å². The van der Waals surface area contributed by atoms with Gasteiger partial charge in [0.25, 0.3) is 17.5 Å². The molecule has 0 unspecified atom stereocenters. The molecule has 3 aromatic rings. The van der Waals surface area contributed by atoms with Gasteiger partial charge in [-0.15, -0.1) is 11.3 Å². The van der Waals surface area contributed by atoms with E-state index in [1.165, 1.54) is 18.2 Å². The van der Waals surface area contributed by atoms with Crippen molar-refractivity contribution in [3.05, 3.63) is 63.1 Å². The van der Waals surface area contributed by atoms with Crippen LogP contribution in [0.25, 0.3) is 10.2 Å². The third-order valence-corrected chi connectivity index (χ3v) is 5.25. The number of Topliss-reactive ketones (excluding diaryl/α,β-unsaturated/α-hetero) is 2. The fourth-order valence-electron chi connectivity index (χ4n) is 2.71. The van der Waals surface area contributed by atoms with E-state index in [1.54, 1.807) is 31.2 Å². The van der Waals surface area contributed by atoms with E-state index in [1.807, 2.05) is 0 Å². The van der Waals surface area contributed by atoms with Crippen LogP contribution >= 0.6 is 11.3 Å². The van der Waals surface area contributed by atoms with E-state index in [2.05, 4.69) is 10.3 Å². The molecule has 0 radical (unpaired) electrons. The number of anilines is 1. The minimum Gasteiger partial charge on any atom is -0.363 e. The highest BCUT2D eigenvalue weighted by atomic mass is 32.1. The highest BCUT2D eigenvalue weighted by Gasteiger charge is 2.38. The summed E-state index contributed by atoms with van der Waals surface area (Å²) in [7, 11) is 0. The summed E-state index contributed by atoms with van der Waals surface area (Å²) in [5.41, 5.74) is 5.45. The predicted octanol–water partition coefficient (Wildman–Crippen LogP) is 1.86. The van der Waals surface area contributed by atoms with Gasteiger partial charge in [-0.2, -0.15) is 0 Å². The molecule has 1 heterocycles. The van der Waals surface area contributed by atoms with E-state index in [-0.39, 0.29) is 10.7 Å². The Balaban J connectivity index is 1.97. The number of ketones is 2. The van der Waals surface area contributed by atoms with Crippen molar-refractivity contribution < 1.29 is 24.1 Å². The van der Waals surface area contributed by atoms with E-state index in [4.69, 9.17) is 5.73 Å². The third-order valence-electron chi connectivity index (χ3n) is 4.15. The van der Waals surface area contributed by atoms with Crippen molar-refractivity contribution in [2.24, 2.45) is 5.73 Å². The number of nitro benzene ring substituents is 1. The number of nitrogens with two attached hydrogens (primary N) is 1. The normalized spacial score (nSPS) is 11.6.